The molecule has 0 fully saturated rings. The zero-order chi connectivity index (χ0) is 17.1. The molecule has 25 heavy (non-hydrogen) atoms. The number of furan rings is 2. The van der Waals surface area contributed by atoms with Crippen molar-refractivity contribution in [2.75, 3.05) is 12.3 Å². The second-order valence-electron chi connectivity index (χ2n) is 6.39. The van der Waals surface area contributed by atoms with Crippen molar-refractivity contribution in [3.63, 3.8) is 0 Å². The highest BCUT2D eigenvalue weighted by atomic mass is 32.2. The minimum atomic E-state index is 0.0433. The number of thioether (sulfide) groups is 1. The molecule has 130 valence electrons. The predicted molar refractivity (Wildman–Crippen MR) is 99.8 cm³/mol. The van der Waals surface area contributed by atoms with Gasteiger partial charge in [-0.1, -0.05) is 0 Å². The number of hydrogen-bond acceptors (Lipinski definition) is 4. The molecule has 3 aromatic rings. The van der Waals surface area contributed by atoms with E-state index in [9.17, 15) is 4.79 Å². The lowest BCUT2D eigenvalue weighted by Gasteiger charge is -2.05. The standard InChI is InChI=1S/C20H21NO3S/c22-20(21-6-8-25-13-17-5-2-7-23-17)11-16-12-24-19-10-15-4-1-3-14(15)9-18(16)19/h2,5,7,9-10,12H,1,3-4,6,8,11,13H2,(H,21,22). The van der Waals surface area contributed by atoms with E-state index in [0.29, 0.717) is 13.0 Å². The first-order valence-corrected chi connectivity index (χ1v) is 9.84. The number of nitrogens with one attached hydrogen (secondary N) is 1. The van der Waals surface area contributed by atoms with Crippen LogP contribution in [-0.2, 0) is 29.8 Å². The largest absolute Gasteiger partial charge is 0.468 e. The molecule has 0 saturated heterocycles. The van der Waals surface area contributed by atoms with Crippen LogP contribution in [0.2, 0.25) is 0 Å². The Bertz CT molecular complexity index is 867. The third-order valence-electron chi connectivity index (χ3n) is 4.61. The summed E-state index contributed by atoms with van der Waals surface area (Å²) in [5, 5.41) is 4.07. The van der Waals surface area contributed by atoms with E-state index < -0.39 is 0 Å². The summed E-state index contributed by atoms with van der Waals surface area (Å²) in [5.41, 5.74) is 4.68. The maximum atomic E-state index is 12.2. The normalized spacial score (nSPS) is 13.3. The maximum absolute atomic E-state index is 12.2. The number of carbonyl (C=O) groups excluding carboxylic acids is 1. The highest BCUT2D eigenvalue weighted by molar-refractivity contribution is 7.98. The van der Waals surface area contributed by atoms with Crippen molar-refractivity contribution in [1.29, 1.82) is 0 Å². The molecule has 0 bridgehead atoms. The van der Waals surface area contributed by atoms with Crippen LogP contribution in [0.25, 0.3) is 11.0 Å². The number of hydrogen-bond donors (Lipinski definition) is 1. The molecule has 2 aromatic heterocycles. The lowest BCUT2D eigenvalue weighted by atomic mass is 10.0. The summed E-state index contributed by atoms with van der Waals surface area (Å²) in [7, 11) is 0. The van der Waals surface area contributed by atoms with E-state index in [1.54, 1.807) is 24.3 Å². The first-order valence-electron chi connectivity index (χ1n) is 8.68. The van der Waals surface area contributed by atoms with Gasteiger partial charge in [0.2, 0.25) is 5.91 Å². The summed E-state index contributed by atoms with van der Waals surface area (Å²) in [4.78, 5) is 12.2. The third kappa shape index (κ3) is 3.76. The molecular formula is C20H21NO3S. The molecule has 2 heterocycles. The van der Waals surface area contributed by atoms with Crippen molar-refractivity contribution in [2.24, 2.45) is 0 Å². The fourth-order valence-corrected chi connectivity index (χ4v) is 4.11. The molecular weight excluding hydrogens is 334 g/mol. The van der Waals surface area contributed by atoms with Gasteiger partial charge in [0.15, 0.2) is 0 Å². The van der Waals surface area contributed by atoms with E-state index in [2.05, 4.69) is 17.4 Å². The molecule has 0 aliphatic heterocycles. The predicted octanol–water partition coefficient (Wildman–Crippen LogP) is 4.11. The van der Waals surface area contributed by atoms with Crippen molar-refractivity contribution in [3.05, 3.63) is 59.2 Å². The van der Waals surface area contributed by atoms with E-state index in [4.69, 9.17) is 8.83 Å². The van der Waals surface area contributed by atoms with Gasteiger partial charge in [0.1, 0.15) is 11.3 Å². The molecule has 0 spiro atoms. The second kappa shape index (κ2) is 7.40. The molecule has 1 amide bonds. The zero-order valence-electron chi connectivity index (χ0n) is 14.0. The van der Waals surface area contributed by atoms with E-state index in [1.807, 2.05) is 12.1 Å². The molecule has 1 N–H and O–H groups in total. The van der Waals surface area contributed by atoms with Crippen LogP contribution >= 0.6 is 11.8 Å². The first-order chi connectivity index (χ1) is 12.3. The lowest BCUT2D eigenvalue weighted by Crippen LogP contribution is -2.27. The Labute approximate surface area is 151 Å². The van der Waals surface area contributed by atoms with Crippen LogP contribution in [-0.4, -0.2) is 18.2 Å². The van der Waals surface area contributed by atoms with Crippen molar-refractivity contribution >= 4 is 28.6 Å². The van der Waals surface area contributed by atoms with Gasteiger partial charge in [-0.25, -0.2) is 0 Å². The van der Waals surface area contributed by atoms with Crippen LogP contribution in [0.4, 0.5) is 0 Å². The van der Waals surface area contributed by atoms with E-state index >= 15 is 0 Å². The minimum Gasteiger partial charge on any atom is -0.468 e. The molecule has 4 nitrogen and oxygen atoms in total. The number of aryl methyl sites for hydroxylation is 2. The Kier molecular flexibility index (Phi) is 4.83. The molecule has 0 unspecified atom stereocenters. The highest BCUT2D eigenvalue weighted by Crippen LogP contribution is 2.30. The average Bonchev–Trinajstić information content (AvgIpc) is 3.34. The monoisotopic (exact) mass is 355 g/mol. The summed E-state index contributed by atoms with van der Waals surface area (Å²) < 4.78 is 11.0. The summed E-state index contributed by atoms with van der Waals surface area (Å²) in [5.74, 6) is 2.71. The van der Waals surface area contributed by atoms with Gasteiger partial charge in [0, 0.05) is 23.2 Å². The summed E-state index contributed by atoms with van der Waals surface area (Å²) >= 11 is 1.75. The number of fused-ring (bicyclic) bond motifs is 2. The van der Waals surface area contributed by atoms with Crippen LogP contribution in [0.5, 0.6) is 0 Å². The maximum Gasteiger partial charge on any atom is 0.224 e. The third-order valence-corrected chi connectivity index (χ3v) is 5.59. The summed E-state index contributed by atoms with van der Waals surface area (Å²) in [6, 6.07) is 8.21. The van der Waals surface area contributed by atoms with E-state index in [-0.39, 0.29) is 5.91 Å². The lowest BCUT2D eigenvalue weighted by molar-refractivity contribution is -0.120. The molecule has 0 saturated carbocycles. The van der Waals surface area contributed by atoms with Crippen molar-refractivity contribution in [2.45, 2.75) is 31.4 Å². The topological polar surface area (TPSA) is 55.4 Å². The fourth-order valence-electron chi connectivity index (χ4n) is 3.35. The second-order valence-corrected chi connectivity index (χ2v) is 7.50. The molecule has 1 aliphatic rings. The summed E-state index contributed by atoms with van der Waals surface area (Å²) in [6.45, 7) is 0.662. The number of carbonyl (C=O) groups is 1. The van der Waals surface area contributed by atoms with Crippen LogP contribution in [0.1, 0.15) is 28.9 Å². The van der Waals surface area contributed by atoms with Gasteiger partial charge in [0.05, 0.1) is 24.7 Å². The Morgan fingerprint density at radius 2 is 2.08 bits per heavy atom. The number of rotatable bonds is 7. The van der Waals surface area contributed by atoms with Crippen molar-refractivity contribution < 1.29 is 13.6 Å². The highest BCUT2D eigenvalue weighted by Gasteiger charge is 2.16. The number of benzene rings is 1. The fraction of sp³-hybridized carbons (Fsp3) is 0.350. The molecule has 0 atom stereocenters. The smallest absolute Gasteiger partial charge is 0.224 e. The van der Waals surface area contributed by atoms with Crippen molar-refractivity contribution in [1.82, 2.24) is 5.32 Å². The van der Waals surface area contributed by atoms with Crippen molar-refractivity contribution in [3.8, 4) is 0 Å². The average molecular weight is 355 g/mol. The molecule has 0 radical (unpaired) electrons. The van der Waals surface area contributed by atoms with Crippen LogP contribution in [0.15, 0.2) is 45.6 Å². The molecule has 1 aliphatic carbocycles. The first kappa shape index (κ1) is 16.3. The van der Waals surface area contributed by atoms with Crippen LogP contribution in [0.3, 0.4) is 0 Å². The molecule has 1 aromatic carbocycles. The van der Waals surface area contributed by atoms with Gasteiger partial charge in [-0.05, 0) is 54.7 Å². The minimum absolute atomic E-state index is 0.0433. The van der Waals surface area contributed by atoms with Gasteiger partial charge in [-0.2, -0.15) is 11.8 Å². The van der Waals surface area contributed by atoms with Crippen LogP contribution in [0, 0.1) is 0 Å². The Morgan fingerprint density at radius 3 is 2.92 bits per heavy atom. The van der Waals surface area contributed by atoms with Gasteiger partial charge < -0.3 is 14.2 Å². The summed E-state index contributed by atoms with van der Waals surface area (Å²) in [6.07, 6.45) is 7.27. The van der Waals surface area contributed by atoms with Gasteiger partial charge in [-0.15, -0.1) is 0 Å². The quantitative estimate of drug-likeness (QED) is 0.648. The van der Waals surface area contributed by atoms with Gasteiger partial charge in [-0.3, -0.25) is 4.79 Å². The zero-order valence-corrected chi connectivity index (χ0v) is 14.9. The molecule has 4 rings (SSSR count). The van der Waals surface area contributed by atoms with Gasteiger partial charge >= 0.3 is 0 Å². The number of amides is 1. The SMILES string of the molecule is O=C(Cc1coc2cc3c(cc12)CCC3)NCCSCc1ccco1. The Balaban J connectivity index is 1.28. The Morgan fingerprint density at radius 1 is 1.20 bits per heavy atom. The Hall–Kier alpha value is -2.14. The van der Waals surface area contributed by atoms with Gasteiger partial charge in [0.25, 0.3) is 0 Å². The van der Waals surface area contributed by atoms with Crippen LogP contribution < -0.4 is 5.32 Å². The van der Waals surface area contributed by atoms with E-state index in [0.717, 1.165) is 46.6 Å². The van der Waals surface area contributed by atoms with E-state index in [1.165, 1.54) is 17.5 Å². The molecule has 5 heteroatoms.